The van der Waals surface area contributed by atoms with E-state index in [2.05, 4.69) is 20.9 Å². The molecular weight excluding hydrogens is 675 g/mol. The van der Waals surface area contributed by atoms with Gasteiger partial charge in [-0.05, 0) is 49.4 Å². The molecule has 0 unspecified atom stereocenters. The highest BCUT2D eigenvalue weighted by Crippen LogP contribution is 2.42. The number of halogens is 2. The third-order valence-corrected chi connectivity index (χ3v) is 10.4. The Balaban J connectivity index is 1.12. The second kappa shape index (κ2) is 14.5. The molecule has 0 radical (unpaired) electrons. The number of rotatable bonds is 12. The number of carbonyl (C=O) groups excluding carboxylic acids is 1. The molecule has 1 saturated carbocycles. The smallest absolute Gasteiger partial charge is 0.262 e. The number of carbonyl (C=O) groups is 1. The van der Waals surface area contributed by atoms with Crippen molar-refractivity contribution in [2.45, 2.75) is 56.8 Å². The number of nitrogens with one attached hydrogen (secondary N) is 3. The number of methoxy groups -OCH3 is 1. The summed E-state index contributed by atoms with van der Waals surface area (Å²) < 4.78 is 7.16. The molecule has 0 spiro atoms. The molecular formula is C38H38Cl2N6O4. The number of hydrogen-bond acceptors (Lipinski definition) is 8. The van der Waals surface area contributed by atoms with E-state index in [1.165, 1.54) is 4.40 Å². The minimum absolute atomic E-state index is 0.0938. The number of aliphatic hydroxyl groups is 1. The van der Waals surface area contributed by atoms with E-state index in [0.717, 1.165) is 59.1 Å². The first-order valence-corrected chi connectivity index (χ1v) is 17.5. The van der Waals surface area contributed by atoms with Gasteiger partial charge in [0.15, 0.2) is 0 Å². The van der Waals surface area contributed by atoms with Gasteiger partial charge in [0, 0.05) is 84.4 Å². The van der Waals surface area contributed by atoms with E-state index in [9.17, 15) is 14.7 Å². The predicted molar refractivity (Wildman–Crippen MR) is 196 cm³/mol. The van der Waals surface area contributed by atoms with Crippen molar-refractivity contribution in [3.63, 3.8) is 0 Å². The molecule has 2 aromatic carbocycles. The summed E-state index contributed by atoms with van der Waals surface area (Å²) >= 11 is 14.2. The Kier molecular flexibility index (Phi) is 9.90. The van der Waals surface area contributed by atoms with Crippen LogP contribution in [0.15, 0.2) is 77.9 Å². The van der Waals surface area contributed by atoms with Gasteiger partial charge in [0.25, 0.3) is 5.56 Å². The van der Waals surface area contributed by atoms with Crippen LogP contribution in [0.25, 0.3) is 39.2 Å². The van der Waals surface area contributed by atoms with E-state index in [4.69, 9.17) is 32.9 Å². The number of amides is 1. The van der Waals surface area contributed by atoms with Gasteiger partial charge in [-0.2, -0.15) is 0 Å². The average Bonchev–Trinajstić information content (AvgIpc) is 3.53. The molecule has 10 nitrogen and oxygen atoms in total. The van der Waals surface area contributed by atoms with Crippen molar-refractivity contribution in [1.29, 1.82) is 0 Å². The Morgan fingerprint density at radius 3 is 2.38 bits per heavy atom. The summed E-state index contributed by atoms with van der Waals surface area (Å²) in [6, 6.07) is 19.3. The van der Waals surface area contributed by atoms with Crippen LogP contribution in [0, 0.1) is 0 Å². The van der Waals surface area contributed by atoms with Gasteiger partial charge >= 0.3 is 0 Å². The van der Waals surface area contributed by atoms with Crippen LogP contribution in [0.2, 0.25) is 10.0 Å². The summed E-state index contributed by atoms with van der Waals surface area (Å²) in [7, 11) is 1.59. The van der Waals surface area contributed by atoms with Gasteiger partial charge in [-0.15, -0.1) is 0 Å². The lowest BCUT2D eigenvalue weighted by Gasteiger charge is -2.36. The van der Waals surface area contributed by atoms with Gasteiger partial charge in [0.2, 0.25) is 11.8 Å². The predicted octanol–water partition coefficient (Wildman–Crippen LogP) is 5.78. The number of ether oxygens (including phenoxy) is 1. The number of fused-ring (bicyclic) bond motifs is 1. The Morgan fingerprint density at radius 2 is 1.68 bits per heavy atom. The normalized spacial score (nSPS) is 16.7. The summed E-state index contributed by atoms with van der Waals surface area (Å²) in [5.74, 6) is 0.586. The standard InChI is InChI=1S/C38H38Cl2N6O4/c1-50-36-24(18-41-21-26-10-12-33(47)44-26)9-11-31(45-36)30-8-3-7-29(35(30)40)28-6-2-5-27(34(28)39)23-13-16-46-32(17-23)43-20-25(37(46)48)19-42-22-38(49)14-4-15-38/h2-3,5-9,11,13,16-17,20,26,41-42,49H,4,10,12,14-15,18-19,21-22H2,1H3,(H,44,47)/t26-/m1/s1. The molecule has 50 heavy (non-hydrogen) atoms. The molecule has 1 aliphatic carbocycles. The molecule has 1 saturated heterocycles. The van der Waals surface area contributed by atoms with E-state index >= 15 is 0 Å². The Labute approximate surface area is 299 Å². The maximum Gasteiger partial charge on any atom is 0.262 e. The molecule has 5 aromatic rings. The van der Waals surface area contributed by atoms with E-state index < -0.39 is 5.60 Å². The van der Waals surface area contributed by atoms with Crippen molar-refractivity contribution in [3.8, 4) is 39.4 Å². The molecule has 3 aromatic heterocycles. The lowest BCUT2D eigenvalue weighted by molar-refractivity contribution is -0.119. The third kappa shape index (κ3) is 6.99. The summed E-state index contributed by atoms with van der Waals surface area (Å²) in [5, 5.41) is 20.9. The first-order valence-electron chi connectivity index (χ1n) is 16.8. The van der Waals surface area contributed by atoms with Crippen molar-refractivity contribution in [1.82, 2.24) is 30.3 Å². The number of nitrogens with zero attached hydrogens (tertiary/aromatic N) is 3. The first-order chi connectivity index (χ1) is 24.2. The van der Waals surface area contributed by atoms with Gasteiger partial charge in [-0.3, -0.25) is 14.0 Å². The number of benzene rings is 2. The van der Waals surface area contributed by atoms with Crippen molar-refractivity contribution in [2.24, 2.45) is 0 Å². The zero-order valence-corrected chi connectivity index (χ0v) is 29.2. The van der Waals surface area contributed by atoms with E-state index in [1.807, 2.05) is 60.7 Å². The van der Waals surface area contributed by atoms with Crippen LogP contribution >= 0.6 is 23.2 Å². The lowest BCUT2D eigenvalue weighted by Crippen LogP contribution is -2.46. The summed E-state index contributed by atoms with van der Waals surface area (Å²) in [6.45, 7) is 2.00. The molecule has 258 valence electrons. The number of aromatic nitrogens is 3. The SMILES string of the molecule is COc1nc(-c2cccc(-c3cccc(-c4ccn5c(=O)c(CNCC6(O)CCC6)cnc5c4)c3Cl)c2Cl)ccc1CNC[C@H]1CCC(=O)N1. The fourth-order valence-corrected chi connectivity index (χ4v) is 7.30. The first kappa shape index (κ1) is 34.1. The van der Waals surface area contributed by atoms with Crippen LogP contribution in [0.4, 0.5) is 0 Å². The largest absolute Gasteiger partial charge is 0.481 e. The van der Waals surface area contributed by atoms with Crippen LogP contribution in [0.1, 0.15) is 43.2 Å². The highest BCUT2D eigenvalue weighted by atomic mass is 35.5. The molecule has 4 heterocycles. The van der Waals surface area contributed by atoms with Crippen LogP contribution in [-0.4, -0.2) is 57.2 Å². The Hall–Kier alpha value is -4.32. The lowest BCUT2D eigenvalue weighted by atomic mass is 9.80. The zero-order valence-electron chi connectivity index (χ0n) is 27.6. The maximum atomic E-state index is 13.2. The molecule has 0 bridgehead atoms. The fourth-order valence-electron chi connectivity index (χ4n) is 6.64. The van der Waals surface area contributed by atoms with E-state index in [0.29, 0.717) is 65.4 Å². The molecule has 2 aliphatic rings. The minimum Gasteiger partial charge on any atom is -0.481 e. The molecule has 12 heteroatoms. The van der Waals surface area contributed by atoms with Gasteiger partial charge in [-0.1, -0.05) is 65.7 Å². The molecule has 1 aliphatic heterocycles. The van der Waals surface area contributed by atoms with Crippen molar-refractivity contribution < 1.29 is 14.6 Å². The summed E-state index contributed by atoms with van der Waals surface area (Å²) in [4.78, 5) is 34.1. The molecule has 4 N–H and O–H groups in total. The molecule has 7 rings (SSSR count). The minimum atomic E-state index is -0.666. The van der Waals surface area contributed by atoms with Crippen molar-refractivity contribution in [3.05, 3.63) is 105 Å². The Bertz CT molecular complexity index is 2130. The molecule has 2 fully saturated rings. The highest BCUT2D eigenvalue weighted by molar-refractivity contribution is 6.39. The van der Waals surface area contributed by atoms with Crippen molar-refractivity contribution >= 4 is 34.8 Å². The second-order valence-electron chi connectivity index (χ2n) is 13.0. The Morgan fingerprint density at radius 1 is 0.960 bits per heavy atom. The molecule has 1 atom stereocenters. The van der Waals surface area contributed by atoms with E-state index in [1.54, 1.807) is 19.5 Å². The van der Waals surface area contributed by atoms with Gasteiger partial charge in [0.05, 0.1) is 28.5 Å². The third-order valence-electron chi connectivity index (χ3n) is 9.63. The van der Waals surface area contributed by atoms with E-state index in [-0.39, 0.29) is 17.5 Å². The van der Waals surface area contributed by atoms with Gasteiger partial charge in [-0.25, -0.2) is 9.97 Å². The highest BCUT2D eigenvalue weighted by Gasteiger charge is 2.33. The number of pyridine rings is 2. The average molecular weight is 714 g/mol. The maximum absolute atomic E-state index is 13.2. The van der Waals surface area contributed by atoms with Crippen LogP contribution in [0.3, 0.4) is 0 Å². The van der Waals surface area contributed by atoms with Gasteiger partial charge in [0.1, 0.15) is 5.65 Å². The zero-order chi connectivity index (χ0) is 34.8. The van der Waals surface area contributed by atoms with Crippen molar-refractivity contribution in [2.75, 3.05) is 20.2 Å². The topological polar surface area (TPSA) is 130 Å². The molecule has 1 amide bonds. The monoisotopic (exact) mass is 712 g/mol. The van der Waals surface area contributed by atoms with Crippen LogP contribution in [-0.2, 0) is 17.9 Å². The quantitative estimate of drug-likeness (QED) is 0.128. The fraction of sp³-hybridized carbons (Fsp3) is 0.316. The summed E-state index contributed by atoms with van der Waals surface area (Å²) in [6.07, 6.45) is 7.29. The van der Waals surface area contributed by atoms with Gasteiger partial charge < -0.3 is 25.8 Å². The number of hydrogen-bond donors (Lipinski definition) is 4. The van der Waals surface area contributed by atoms with Crippen LogP contribution < -0.4 is 26.2 Å². The van der Waals surface area contributed by atoms with Crippen LogP contribution in [0.5, 0.6) is 5.88 Å². The second-order valence-corrected chi connectivity index (χ2v) is 13.8. The summed E-state index contributed by atoms with van der Waals surface area (Å²) in [5.41, 5.74) is 5.57.